The van der Waals surface area contributed by atoms with Crippen LogP contribution < -0.4 is 10.2 Å². The van der Waals surface area contributed by atoms with Crippen molar-refractivity contribution in [3.05, 3.63) is 118 Å². The highest BCUT2D eigenvalue weighted by Crippen LogP contribution is 2.36. The van der Waals surface area contributed by atoms with E-state index in [2.05, 4.69) is 12.2 Å². The van der Waals surface area contributed by atoms with E-state index in [1.165, 1.54) is 0 Å². The fourth-order valence-corrected chi connectivity index (χ4v) is 5.81. The first kappa shape index (κ1) is 24.0. The van der Waals surface area contributed by atoms with Gasteiger partial charge in [-0.1, -0.05) is 54.9 Å². The Morgan fingerprint density at radius 1 is 0.889 bits per heavy atom. The van der Waals surface area contributed by atoms with Crippen LogP contribution in [0.3, 0.4) is 0 Å². The fourth-order valence-electron chi connectivity index (χ4n) is 4.25. The van der Waals surface area contributed by atoms with Crippen LogP contribution in [0.25, 0.3) is 0 Å². The molecule has 0 saturated carbocycles. The van der Waals surface area contributed by atoms with Gasteiger partial charge in [-0.05, 0) is 72.1 Å². The first-order valence-electron chi connectivity index (χ1n) is 11.6. The zero-order chi connectivity index (χ0) is 25.2. The van der Waals surface area contributed by atoms with E-state index in [0.717, 1.165) is 17.5 Å². The number of aryl methyl sites for hydroxylation is 1. The number of halogens is 1. The molecule has 2 amide bonds. The highest BCUT2D eigenvalue weighted by molar-refractivity contribution is 7.85. The van der Waals surface area contributed by atoms with Gasteiger partial charge in [0.1, 0.15) is 0 Å². The van der Waals surface area contributed by atoms with Crippen LogP contribution in [0, 0.1) is 0 Å². The molecule has 0 fully saturated rings. The molecule has 5 nitrogen and oxygen atoms in total. The second-order valence-electron chi connectivity index (χ2n) is 8.48. The minimum absolute atomic E-state index is 0.210. The summed E-state index contributed by atoms with van der Waals surface area (Å²) in [6, 6.07) is 26.8. The van der Waals surface area contributed by atoms with E-state index in [9.17, 15) is 13.8 Å². The van der Waals surface area contributed by atoms with Crippen LogP contribution in [0.4, 0.5) is 11.4 Å². The molecule has 0 radical (unpaired) electrons. The average molecular weight is 515 g/mol. The van der Waals surface area contributed by atoms with Crippen molar-refractivity contribution in [3.8, 4) is 0 Å². The predicted octanol–water partition coefficient (Wildman–Crippen LogP) is 6.48. The maximum atomic E-state index is 13.7. The molecule has 1 aliphatic heterocycles. The van der Waals surface area contributed by atoms with E-state index < -0.39 is 10.8 Å². The molecule has 5 rings (SSSR count). The summed E-state index contributed by atoms with van der Waals surface area (Å²) in [5, 5.41) is 3.49. The Balaban J connectivity index is 1.58. The van der Waals surface area contributed by atoms with E-state index >= 15 is 0 Å². The third-order valence-electron chi connectivity index (χ3n) is 6.10. The number of carbonyl (C=O) groups excluding carboxylic acids is 2. The zero-order valence-corrected chi connectivity index (χ0v) is 21.1. The molecule has 0 aromatic heterocycles. The first-order valence-corrected chi connectivity index (χ1v) is 13.1. The minimum Gasteiger partial charge on any atom is -0.322 e. The van der Waals surface area contributed by atoms with Crippen molar-refractivity contribution in [1.29, 1.82) is 0 Å². The van der Waals surface area contributed by atoms with E-state index in [0.29, 0.717) is 37.3 Å². The number of fused-ring (bicyclic) bond motifs is 2. The van der Waals surface area contributed by atoms with Crippen LogP contribution in [0.5, 0.6) is 0 Å². The number of nitrogens with zero attached hydrogens (tertiary/aromatic N) is 1. The van der Waals surface area contributed by atoms with Crippen molar-refractivity contribution >= 4 is 45.6 Å². The van der Waals surface area contributed by atoms with Gasteiger partial charge >= 0.3 is 0 Å². The lowest BCUT2D eigenvalue weighted by molar-refractivity contribution is 0.0979. The number of amides is 2. The van der Waals surface area contributed by atoms with Crippen LogP contribution in [0.1, 0.15) is 38.8 Å². The normalized spacial score (nSPS) is 14.6. The Kier molecular flexibility index (Phi) is 6.72. The number of nitrogens with one attached hydrogen (secondary N) is 1. The molecule has 1 atom stereocenters. The summed E-state index contributed by atoms with van der Waals surface area (Å²) in [5.41, 5.74) is 3.79. The van der Waals surface area contributed by atoms with Crippen molar-refractivity contribution in [2.24, 2.45) is 0 Å². The first-order chi connectivity index (χ1) is 17.4. The van der Waals surface area contributed by atoms with E-state index in [1.54, 1.807) is 59.5 Å². The Morgan fingerprint density at radius 3 is 2.47 bits per heavy atom. The SMILES string of the molecule is CCc1cccc(NC(=O)c2ccc3c(c2)N(Cc2cccc(Cl)c2)C(=O)c2ccccc2[S@@]3=O)c1. The van der Waals surface area contributed by atoms with Crippen LogP contribution in [-0.4, -0.2) is 16.0 Å². The molecule has 180 valence electrons. The van der Waals surface area contributed by atoms with Gasteiger partial charge < -0.3 is 10.2 Å². The monoisotopic (exact) mass is 514 g/mol. The van der Waals surface area contributed by atoms with Crippen molar-refractivity contribution in [3.63, 3.8) is 0 Å². The summed E-state index contributed by atoms with van der Waals surface area (Å²) in [4.78, 5) is 29.4. The topological polar surface area (TPSA) is 66.5 Å². The Labute approximate surface area is 217 Å². The third kappa shape index (κ3) is 4.70. The number of hydrogen-bond acceptors (Lipinski definition) is 3. The molecular formula is C29H23ClN2O3S. The van der Waals surface area contributed by atoms with Gasteiger partial charge in [0.2, 0.25) is 0 Å². The van der Waals surface area contributed by atoms with E-state index in [-0.39, 0.29) is 18.4 Å². The predicted molar refractivity (Wildman–Crippen MR) is 143 cm³/mol. The number of benzene rings is 4. The lowest BCUT2D eigenvalue weighted by Crippen LogP contribution is -2.30. The van der Waals surface area contributed by atoms with Crippen LogP contribution in [0.2, 0.25) is 5.02 Å². The van der Waals surface area contributed by atoms with Crippen molar-refractivity contribution < 1.29 is 13.8 Å². The maximum absolute atomic E-state index is 13.7. The van der Waals surface area contributed by atoms with Gasteiger partial charge in [-0.15, -0.1) is 0 Å². The van der Waals surface area contributed by atoms with Gasteiger partial charge in [0.05, 0.1) is 38.4 Å². The van der Waals surface area contributed by atoms with Crippen LogP contribution in [0.15, 0.2) is 101 Å². The quantitative estimate of drug-likeness (QED) is 0.331. The molecule has 1 aliphatic rings. The van der Waals surface area contributed by atoms with Crippen molar-refractivity contribution in [2.45, 2.75) is 29.7 Å². The molecule has 0 spiro atoms. The molecule has 0 saturated heterocycles. The molecule has 0 aliphatic carbocycles. The summed E-state index contributed by atoms with van der Waals surface area (Å²) in [6.45, 7) is 2.26. The smallest absolute Gasteiger partial charge is 0.259 e. The molecule has 0 bridgehead atoms. The molecule has 0 unspecified atom stereocenters. The molecule has 4 aromatic carbocycles. The van der Waals surface area contributed by atoms with Gasteiger partial charge in [0, 0.05) is 16.3 Å². The van der Waals surface area contributed by atoms with Gasteiger partial charge in [0.15, 0.2) is 0 Å². The summed E-state index contributed by atoms with van der Waals surface area (Å²) in [7, 11) is -1.60. The van der Waals surface area contributed by atoms with Crippen molar-refractivity contribution in [2.75, 3.05) is 10.2 Å². The lowest BCUT2D eigenvalue weighted by Gasteiger charge is -2.24. The minimum atomic E-state index is -1.60. The second kappa shape index (κ2) is 10.1. The Hall–Kier alpha value is -3.74. The summed E-state index contributed by atoms with van der Waals surface area (Å²) >= 11 is 6.20. The van der Waals surface area contributed by atoms with Gasteiger partial charge in [-0.3, -0.25) is 9.59 Å². The largest absolute Gasteiger partial charge is 0.322 e. The number of carbonyl (C=O) groups is 2. The van der Waals surface area contributed by atoms with Crippen LogP contribution in [-0.2, 0) is 23.8 Å². The molecule has 1 heterocycles. The third-order valence-corrected chi connectivity index (χ3v) is 7.83. The summed E-state index contributed by atoms with van der Waals surface area (Å²) < 4.78 is 13.6. The lowest BCUT2D eigenvalue weighted by atomic mass is 10.1. The van der Waals surface area contributed by atoms with Gasteiger partial charge in [0.25, 0.3) is 11.8 Å². The maximum Gasteiger partial charge on any atom is 0.259 e. The van der Waals surface area contributed by atoms with Crippen molar-refractivity contribution in [1.82, 2.24) is 0 Å². The van der Waals surface area contributed by atoms with Gasteiger partial charge in [-0.25, -0.2) is 4.21 Å². The molecule has 36 heavy (non-hydrogen) atoms. The number of rotatable bonds is 5. The highest BCUT2D eigenvalue weighted by atomic mass is 35.5. The fraction of sp³-hybridized carbons (Fsp3) is 0.103. The van der Waals surface area contributed by atoms with E-state index in [1.807, 2.05) is 36.4 Å². The molecule has 1 N–H and O–H groups in total. The van der Waals surface area contributed by atoms with Gasteiger partial charge in [-0.2, -0.15) is 0 Å². The zero-order valence-electron chi connectivity index (χ0n) is 19.5. The highest BCUT2D eigenvalue weighted by Gasteiger charge is 2.31. The standard InChI is InChI=1S/C29H23ClN2O3S/c1-2-19-7-6-10-23(16-19)31-28(33)21-13-14-27-25(17-21)32(18-20-8-5-9-22(30)15-20)29(34)24-11-3-4-12-26(24)36(27)35/h3-17H,2,18H2,1H3,(H,31,33)/t36-/m0/s1. The number of anilines is 2. The summed E-state index contributed by atoms with van der Waals surface area (Å²) in [6.07, 6.45) is 0.857. The Morgan fingerprint density at radius 2 is 1.67 bits per heavy atom. The van der Waals surface area contributed by atoms with E-state index in [4.69, 9.17) is 11.6 Å². The molecular weight excluding hydrogens is 492 g/mol. The second-order valence-corrected chi connectivity index (χ2v) is 10.3. The Bertz CT molecular complexity index is 1520. The molecule has 7 heteroatoms. The molecule has 4 aromatic rings. The average Bonchev–Trinajstić information content (AvgIpc) is 2.98. The summed E-state index contributed by atoms with van der Waals surface area (Å²) in [5.74, 6) is -0.598. The number of hydrogen-bond donors (Lipinski definition) is 1. The van der Waals surface area contributed by atoms with Crippen LogP contribution >= 0.6 is 11.6 Å².